The molecule has 0 aliphatic heterocycles. The molecule has 3 heteroatoms. The summed E-state index contributed by atoms with van der Waals surface area (Å²) in [6.07, 6.45) is 3.74. The summed E-state index contributed by atoms with van der Waals surface area (Å²) in [5.41, 5.74) is 1.22. The third-order valence-corrected chi connectivity index (χ3v) is 2.81. The Labute approximate surface area is 85.5 Å². The largest absolute Gasteiger partial charge is 0.396 e. The summed E-state index contributed by atoms with van der Waals surface area (Å²) < 4.78 is 0. The molecule has 0 aliphatic rings. The molecule has 0 aromatic carbocycles. The first-order chi connectivity index (χ1) is 6.70. The first kappa shape index (κ1) is 11.3. The molecule has 1 heterocycles. The molecule has 0 radical (unpaired) electrons. The summed E-state index contributed by atoms with van der Waals surface area (Å²) in [6.45, 7) is 5.35. The van der Waals surface area contributed by atoms with Crippen molar-refractivity contribution >= 4 is 0 Å². The second-order valence-electron chi connectivity index (χ2n) is 3.94. The van der Waals surface area contributed by atoms with Crippen molar-refractivity contribution in [1.82, 2.24) is 10.3 Å². The predicted octanol–water partition coefficient (Wildman–Crippen LogP) is 1.66. The van der Waals surface area contributed by atoms with Gasteiger partial charge >= 0.3 is 0 Å². The minimum Gasteiger partial charge on any atom is -0.396 e. The number of aliphatic hydroxyl groups excluding tert-OH is 1. The number of hydrogen-bond donors (Lipinski definition) is 3. The fourth-order valence-corrected chi connectivity index (χ4v) is 1.42. The van der Waals surface area contributed by atoms with Gasteiger partial charge in [0.25, 0.3) is 0 Å². The molecule has 0 fully saturated rings. The molecule has 14 heavy (non-hydrogen) atoms. The predicted molar refractivity (Wildman–Crippen MR) is 58.0 cm³/mol. The topological polar surface area (TPSA) is 48.0 Å². The van der Waals surface area contributed by atoms with Gasteiger partial charge in [0, 0.05) is 30.6 Å². The summed E-state index contributed by atoms with van der Waals surface area (Å²) in [5.74, 6) is 0. The van der Waals surface area contributed by atoms with E-state index in [4.69, 9.17) is 5.11 Å². The van der Waals surface area contributed by atoms with E-state index in [0.29, 0.717) is 0 Å². The van der Waals surface area contributed by atoms with E-state index in [-0.39, 0.29) is 12.1 Å². The van der Waals surface area contributed by atoms with Gasteiger partial charge < -0.3 is 15.4 Å². The van der Waals surface area contributed by atoms with Gasteiger partial charge in [-0.2, -0.15) is 0 Å². The van der Waals surface area contributed by atoms with Crippen LogP contribution in [0.15, 0.2) is 18.3 Å². The Bertz CT molecular complexity index is 246. The highest BCUT2D eigenvalue weighted by Crippen LogP contribution is 2.14. The average Bonchev–Trinajstić information content (AvgIpc) is 2.68. The summed E-state index contributed by atoms with van der Waals surface area (Å²) in [5, 5.41) is 12.4. The standard InChI is InChI=1S/C11H20N2O/c1-3-11(2,6-8-14)13-9-10-5-4-7-12-10/h4-5,7,12-14H,3,6,8-9H2,1-2H3. The van der Waals surface area contributed by atoms with E-state index in [1.165, 1.54) is 5.69 Å². The molecule has 0 saturated heterocycles. The second-order valence-corrected chi connectivity index (χ2v) is 3.94. The molecule has 80 valence electrons. The van der Waals surface area contributed by atoms with Crippen LogP contribution in [0.4, 0.5) is 0 Å². The zero-order valence-electron chi connectivity index (χ0n) is 9.01. The lowest BCUT2D eigenvalue weighted by molar-refractivity contribution is 0.214. The lowest BCUT2D eigenvalue weighted by Gasteiger charge is -2.28. The van der Waals surface area contributed by atoms with E-state index in [1.807, 2.05) is 12.3 Å². The van der Waals surface area contributed by atoms with E-state index in [2.05, 4.69) is 30.2 Å². The molecule has 0 aliphatic carbocycles. The van der Waals surface area contributed by atoms with Gasteiger partial charge in [0.15, 0.2) is 0 Å². The van der Waals surface area contributed by atoms with Crippen molar-refractivity contribution in [2.75, 3.05) is 6.61 Å². The van der Waals surface area contributed by atoms with Gasteiger partial charge in [-0.15, -0.1) is 0 Å². The quantitative estimate of drug-likeness (QED) is 0.648. The summed E-state index contributed by atoms with van der Waals surface area (Å²) in [6, 6.07) is 4.05. The maximum Gasteiger partial charge on any atom is 0.0448 e. The van der Waals surface area contributed by atoms with Gasteiger partial charge in [-0.1, -0.05) is 6.92 Å². The molecule has 1 aromatic rings. The van der Waals surface area contributed by atoms with E-state index >= 15 is 0 Å². The van der Waals surface area contributed by atoms with Crippen LogP contribution in [-0.2, 0) is 6.54 Å². The highest BCUT2D eigenvalue weighted by molar-refractivity contribution is 5.03. The molecule has 3 nitrogen and oxygen atoms in total. The third-order valence-electron chi connectivity index (χ3n) is 2.81. The van der Waals surface area contributed by atoms with Gasteiger partial charge in [-0.3, -0.25) is 0 Å². The van der Waals surface area contributed by atoms with Crippen molar-refractivity contribution in [3.05, 3.63) is 24.0 Å². The van der Waals surface area contributed by atoms with Crippen LogP contribution in [-0.4, -0.2) is 22.2 Å². The summed E-state index contributed by atoms with van der Waals surface area (Å²) in [7, 11) is 0. The molecule has 1 rings (SSSR count). The van der Waals surface area contributed by atoms with Crippen LogP contribution in [0.2, 0.25) is 0 Å². The van der Waals surface area contributed by atoms with Crippen LogP contribution in [0.1, 0.15) is 32.4 Å². The average molecular weight is 196 g/mol. The number of aliphatic hydroxyl groups is 1. The molecule has 3 N–H and O–H groups in total. The normalized spacial score (nSPS) is 15.4. The first-order valence-corrected chi connectivity index (χ1v) is 5.18. The lowest BCUT2D eigenvalue weighted by atomic mass is 9.95. The molecule has 0 bridgehead atoms. The molecular formula is C11H20N2O. The Morgan fingerprint density at radius 3 is 2.86 bits per heavy atom. The van der Waals surface area contributed by atoms with Crippen molar-refractivity contribution in [2.45, 2.75) is 38.8 Å². The highest BCUT2D eigenvalue weighted by atomic mass is 16.3. The number of rotatable bonds is 6. The van der Waals surface area contributed by atoms with Crippen LogP contribution in [0, 0.1) is 0 Å². The van der Waals surface area contributed by atoms with Crippen molar-refractivity contribution < 1.29 is 5.11 Å². The zero-order valence-corrected chi connectivity index (χ0v) is 9.01. The first-order valence-electron chi connectivity index (χ1n) is 5.18. The van der Waals surface area contributed by atoms with Crippen LogP contribution in [0.3, 0.4) is 0 Å². The van der Waals surface area contributed by atoms with Gasteiger partial charge in [-0.25, -0.2) is 0 Å². The molecule has 1 aromatic heterocycles. The Morgan fingerprint density at radius 2 is 2.36 bits per heavy atom. The van der Waals surface area contributed by atoms with E-state index in [0.717, 1.165) is 19.4 Å². The van der Waals surface area contributed by atoms with Gasteiger partial charge in [0.05, 0.1) is 0 Å². The number of H-pyrrole nitrogens is 1. The maximum atomic E-state index is 8.94. The molecule has 1 atom stereocenters. The zero-order chi connectivity index (χ0) is 10.4. The minimum absolute atomic E-state index is 0.0415. The van der Waals surface area contributed by atoms with Gasteiger partial charge in [-0.05, 0) is 31.9 Å². The Balaban J connectivity index is 2.41. The van der Waals surface area contributed by atoms with Gasteiger partial charge in [0.1, 0.15) is 0 Å². The Kier molecular flexibility index (Phi) is 4.17. The van der Waals surface area contributed by atoms with Crippen molar-refractivity contribution in [2.24, 2.45) is 0 Å². The number of aromatic nitrogens is 1. The second kappa shape index (κ2) is 5.17. The third kappa shape index (κ3) is 3.16. The van der Waals surface area contributed by atoms with E-state index < -0.39 is 0 Å². The van der Waals surface area contributed by atoms with E-state index in [9.17, 15) is 0 Å². The molecular weight excluding hydrogens is 176 g/mol. The van der Waals surface area contributed by atoms with Crippen molar-refractivity contribution in [3.8, 4) is 0 Å². The Hall–Kier alpha value is -0.800. The SMILES string of the molecule is CCC(C)(CCO)NCc1ccc[nH]1. The fourth-order valence-electron chi connectivity index (χ4n) is 1.42. The molecule has 0 amide bonds. The highest BCUT2D eigenvalue weighted by Gasteiger charge is 2.20. The van der Waals surface area contributed by atoms with Gasteiger partial charge in [0.2, 0.25) is 0 Å². The summed E-state index contributed by atoms with van der Waals surface area (Å²) in [4.78, 5) is 3.15. The molecule has 0 spiro atoms. The number of hydrogen-bond acceptors (Lipinski definition) is 2. The maximum absolute atomic E-state index is 8.94. The van der Waals surface area contributed by atoms with Crippen molar-refractivity contribution in [3.63, 3.8) is 0 Å². The smallest absolute Gasteiger partial charge is 0.0448 e. The van der Waals surface area contributed by atoms with E-state index in [1.54, 1.807) is 0 Å². The van der Waals surface area contributed by atoms with Crippen LogP contribution in [0.25, 0.3) is 0 Å². The minimum atomic E-state index is 0.0415. The van der Waals surface area contributed by atoms with Crippen LogP contribution < -0.4 is 5.32 Å². The molecule has 1 unspecified atom stereocenters. The Morgan fingerprint density at radius 1 is 1.57 bits per heavy atom. The van der Waals surface area contributed by atoms with Crippen molar-refractivity contribution in [1.29, 1.82) is 0 Å². The monoisotopic (exact) mass is 196 g/mol. The lowest BCUT2D eigenvalue weighted by Crippen LogP contribution is -2.42. The number of aromatic amines is 1. The van der Waals surface area contributed by atoms with Crippen LogP contribution >= 0.6 is 0 Å². The molecule has 0 saturated carbocycles. The fraction of sp³-hybridized carbons (Fsp3) is 0.636. The number of nitrogens with one attached hydrogen (secondary N) is 2. The van der Waals surface area contributed by atoms with Crippen LogP contribution in [0.5, 0.6) is 0 Å². The summed E-state index contributed by atoms with van der Waals surface area (Å²) >= 11 is 0.